The number of thioether (sulfide) groups is 1. The lowest BCUT2D eigenvalue weighted by molar-refractivity contribution is 0.122. The van der Waals surface area contributed by atoms with Gasteiger partial charge in [0.15, 0.2) is 0 Å². The van der Waals surface area contributed by atoms with E-state index in [4.69, 9.17) is 10.5 Å². The van der Waals surface area contributed by atoms with Gasteiger partial charge in [-0.3, -0.25) is 0 Å². The Balaban J connectivity index is 2.29. The van der Waals surface area contributed by atoms with Crippen molar-refractivity contribution in [3.05, 3.63) is 0 Å². The molecular formula is C9H19NOS. The van der Waals surface area contributed by atoms with Crippen molar-refractivity contribution in [3.8, 4) is 0 Å². The SMILES string of the molecule is COCC(CCN)C1CCSC1. The fraction of sp³-hybridized carbons (Fsp3) is 1.00. The van der Waals surface area contributed by atoms with Crippen molar-refractivity contribution in [2.75, 3.05) is 31.8 Å². The molecule has 2 nitrogen and oxygen atoms in total. The molecule has 0 radical (unpaired) electrons. The molecule has 1 rings (SSSR count). The summed E-state index contributed by atoms with van der Waals surface area (Å²) >= 11 is 2.07. The summed E-state index contributed by atoms with van der Waals surface area (Å²) < 4.78 is 5.20. The number of hydrogen-bond donors (Lipinski definition) is 1. The normalized spacial score (nSPS) is 26.0. The van der Waals surface area contributed by atoms with Crippen molar-refractivity contribution in [2.45, 2.75) is 12.8 Å². The molecule has 1 aliphatic rings. The fourth-order valence-corrected chi connectivity index (χ4v) is 3.19. The van der Waals surface area contributed by atoms with Gasteiger partial charge >= 0.3 is 0 Å². The van der Waals surface area contributed by atoms with Gasteiger partial charge in [-0.2, -0.15) is 11.8 Å². The van der Waals surface area contributed by atoms with Gasteiger partial charge in [-0.1, -0.05) is 0 Å². The second-order valence-corrected chi connectivity index (χ2v) is 4.57. The second kappa shape index (κ2) is 5.84. The van der Waals surface area contributed by atoms with Crippen LogP contribution >= 0.6 is 11.8 Å². The van der Waals surface area contributed by atoms with Crippen LogP contribution < -0.4 is 5.73 Å². The summed E-state index contributed by atoms with van der Waals surface area (Å²) in [5.74, 6) is 4.21. The summed E-state index contributed by atoms with van der Waals surface area (Å²) in [5.41, 5.74) is 5.56. The van der Waals surface area contributed by atoms with Gasteiger partial charge in [0.25, 0.3) is 0 Å². The van der Waals surface area contributed by atoms with Crippen LogP contribution in [0.2, 0.25) is 0 Å². The molecule has 1 saturated heterocycles. The van der Waals surface area contributed by atoms with Gasteiger partial charge in [0, 0.05) is 13.7 Å². The zero-order valence-electron chi connectivity index (χ0n) is 7.79. The third kappa shape index (κ3) is 2.96. The molecule has 12 heavy (non-hydrogen) atoms. The topological polar surface area (TPSA) is 35.2 Å². The smallest absolute Gasteiger partial charge is 0.0493 e. The molecule has 3 heteroatoms. The zero-order valence-corrected chi connectivity index (χ0v) is 8.61. The minimum atomic E-state index is 0.704. The largest absolute Gasteiger partial charge is 0.384 e. The number of ether oxygens (including phenoxy) is 1. The summed E-state index contributed by atoms with van der Waals surface area (Å²) in [6.07, 6.45) is 2.48. The predicted octanol–water partition coefficient (Wildman–Crippen LogP) is 1.35. The zero-order chi connectivity index (χ0) is 8.81. The highest BCUT2D eigenvalue weighted by molar-refractivity contribution is 7.99. The minimum absolute atomic E-state index is 0.704. The van der Waals surface area contributed by atoms with E-state index in [1.807, 2.05) is 0 Å². The third-order valence-electron chi connectivity index (χ3n) is 2.55. The maximum atomic E-state index is 5.56. The maximum absolute atomic E-state index is 5.56. The molecule has 0 spiro atoms. The summed E-state index contributed by atoms with van der Waals surface area (Å²) in [6, 6.07) is 0. The highest BCUT2D eigenvalue weighted by atomic mass is 32.2. The first-order valence-electron chi connectivity index (χ1n) is 4.65. The standard InChI is InChI=1S/C9H19NOS/c1-11-6-8(2-4-10)9-3-5-12-7-9/h8-9H,2-7,10H2,1H3. The lowest BCUT2D eigenvalue weighted by atomic mass is 9.90. The molecule has 0 aromatic heterocycles. The minimum Gasteiger partial charge on any atom is -0.384 e. The van der Waals surface area contributed by atoms with E-state index in [9.17, 15) is 0 Å². The van der Waals surface area contributed by atoms with Crippen molar-refractivity contribution in [1.82, 2.24) is 0 Å². The van der Waals surface area contributed by atoms with Crippen molar-refractivity contribution < 1.29 is 4.74 Å². The molecule has 0 amide bonds. The van der Waals surface area contributed by atoms with Crippen molar-refractivity contribution in [3.63, 3.8) is 0 Å². The fourth-order valence-electron chi connectivity index (χ4n) is 1.81. The van der Waals surface area contributed by atoms with Crippen LogP contribution in [-0.2, 0) is 4.74 Å². The first kappa shape index (κ1) is 10.4. The van der Waals surface area contributed by atoms with Crippen molar-refractivity contribution in [1.29, 1.82) is 0 Å². The Labute approximate surface area is 79.2 Å². The first-order valence-corrected chi connectivity index (χ1v) is 5.80. The van der Waals surface area contributed by atoms with Crippen molar-refractivity contribution >= 4 is 11.8 Å². The van der Waals surface area contributed by atoms with Crippen molar-refractivity contribution in [2.24, 2.45) is 17.6 Å². The summed E-state index contributed by atoms with van der Waals surface area (Å²) in [4.78, 5) is 0. The molecule has 0 aromatic carbocycles. The quantitative estimate of drug-likeness (QED) is 0.709. The van der Waals surface area contributed by atoms with Crippen LogP contribution in [0.3, 0.4) is 0 Å². The molecule has 1 fully saturated rings. The van der Waals surface area contributed by atoms with Gasteiger partial charge in [0.1, 0.15) is 0 Å². The molecule has 2 unspecified atom stereocenters. The Kier molecular flexibility index (Phi) is 5.04. The molecule has 72 valence electrons. The van der Waals surface area contributed by atoms with E-state index in [0.717, 1.165) is 25.5 Å². The Hall–Kier alpha value is 0.270. The van der Waals surface area contributed by atoms with Crippen LogP contribution in [0.1, 0.15) is 12.8 Å². The number of nitrogens with two attached hydrogens (primary N) is 1. The van der Waals surface area contributed by atoms with Gasteiger partial charge in [0.2, 0.25) is 0 Å². The molecule has 1 aliphatic heterocycles. The van der Waals surface area contributed by atoms with Crippen LogP contribution in [-0.4, -0.2) is 31.8 Å². The molecule has 1 heterocycles. The van der Waals surface area contributed by atoms with Gasteiger partial charge in [-0.15, -0.1) is 0 Å². The van der Waals surface area contributed by atoms with Crippen LogP contribution in [0, 0.1) is 11.8 Å². The average Bonchev–Trinajstić information content (AvgIpc) is 2.56. The molecular weight excluding hydrogens is 170 g/mol. The van der Waals surface area contributed by atoms with E-state index >= 15 is 0 Å². The van der Waals surface area contributed by atoms with Gasteiger partial charge in [-0.25, -0.2) is 0 Å². The Morgan fingerprint density at radius 3 is 3.00 bits per heavy atom. The third-order valence-corrected chi connectivity index (χ3v) is 3.74. The van der Waals surface area contributed by atoms with E-state index < -0.39 is 0 Å². The molecule has 0 bridgehead atoms. The molecule has 2 N–H and O–H groups in total. The van der Waals surface area contributed by atoms with Crippen LogP contribution in [0.4, 0.5) is 0 Å². The van der Waals surface area contributed by atoms with Crippen LogP contribution in [0.25, 0.3) is 0 Å². The molecule has 0 saturated carbocycles. The molecule has 0 aliphatic carbocycles. The van der Waals surface area contributed by atoms with Gasteiger partial charge in [0.05, 0.1) is 0 Å². The van der Waals surface area contributed by atoms with E-state index in [-0.39, 0.29) is 0 Å². The van der Waals surface area contributed by atoms with E-state index in [2.05, 4.69) is 11.8 Å². The van der Waals surface area contributed by atoms with Crippen LogP contribution in [0.15, 0.2) is 0 Å². The predicted molar refractivity (Wildman–Crippen MR) is 54.5 cm³/mol. The highest BCUT2D eigenvalue weighted by Gasteiger charge is 2.24. The summed E-state index contributed by atoms with van der Waals surface area (Å²) in [7, 11) is 1.78. The maximum Gasteiger partial charge on any atom is 0.0493 e. The lowest BCUT2D eigenvalue weighted by Crippen LogP contribution is -2.22. The van der Waals surface area contributed by atoms with Gasteiger partial charge < -0.3 is 10.5 Å². The van der Waals surface area contributed by atoms with E-state index in [0.29, 0.717) is 5.92 Å². The number of hydrogen-bond acceptors (Lipinski definition) is 3. The second-order valence-electron chi connectivity index (χ2n) is 3.42. The monoisotopic (exact) mass is 189 g/mol. The van der Waals surface area contributed by atoms with Crippen LogP contribution in [0.5, 0.6) is 0 Å². The lowest BCUT2D eigenvalue weighted by Gasteiger charge is -2.21. The summed E-state index contributed by atoms with van der Waals surface area (Å²) in [6.45, 7) is 1.69. The highest BCUT2D eigenvalue weighted by Crippen LogP contribution is 2.31. The average molecular weight is 189 g/mol. The van der Waals surface area contributed by atoms with E-state index in [1.165, 1.54) is 17.9 Å². The first-order chi connectivity index (χ1) is 5.88. The Morgan fingerprint density at radius 1 is 1.67 bits per heavy atom. The Bertz CT molecular complexity index is 109. The van der Waals surface area contributed by atoms with Gasteiger partial charge in [-0.05, 0) is 42.7 Å². The number of methoxy groups -OCH3 is 1. The summed E-state index contributed by atoms with van der Waals surface area (Å²) in [5, 5.41) is 0. The molecule has 0 aromatic rings. The van der Waals surface area contributed by atoms with E-state index in [1.54, 1.807) is 7.11 Å². The number of rotatable bonds is 5. The molecule has 2 atom stereocenters. The Morgan fingerprint density at radius 2 is 2.50 bits per heavy atom.